The highest BCUT2D eigenvalue weighted by molar-refractivity contribution is 5.85. The zero-order valence-electron chi connectivity index (χ0n) is 15.0. The fourth-order valence-electron chi connectivity index (χ4n) is 3.59. The molecule has 0 aliphatic carbocycles. The van der Waals surface area contributed by atoms with Crippen LogP contribution in [0.1, 0.15) is 36.8 Å². The minimum absolute atomic E-state index is 0. The second kappa shape index (κ2) is 9.35. The molecule has 2 fully saturated rings. The lowest BCUT2D eigenvalue weighted by atomic mass is 9.79. The van der Waals surface area contributed by atoms with E-state index in [1.54, 1.807) is 0 Å². The molecule has 2 heterocycles. The summed E-state index contributed by atoms with van der Waals surface area (Å²) in [5, 5.41) is 3.04. The summed E-state index contributed by atoms with van der Waals surface area (Å²) < 4.78 is 5.36. The van der Waals surface area contributed by atoms with Gasteiger partial charge in [-0.05, 0) is 30.4 Å². The lowest BCUT2D eigenvalue weighted by Crippen LogP contribution is -2.48. The van der Waals surface area contributed by atoms with E-state index in [1.807, 2.05) is 23.1 Å². The summed E-state index contributed by atoms with van der Waals surface area (Å²) in [4.78, 5) is 26.3. The molecule has 0 bridgehead atoms. The van der Waals surface area contributed by atoms with Gasteiger partial charge in [-0.25, -0.2) is 0 Å². The molecule has 6 nitrogen and oxygen atoms in total. The molecular formula is C19H28ClN3O3. The molecular weight excluding hydrogens is 354 g/mol. The van der Waals surface area contributed by atoms with Gasteiger partial charge in [0.2, 0.25) is 11.8 Å². The molecule has 3 N–H and O–H groups in total. The van der Waals surface area contributed by atoms with Gasteiger partial charge in [-0.2, -0.15) is 0 Å². The molecule has 7 heteroatoms. The summed E-state index contributed by atoms with van der Waals surface area (Å²) in [5.74, 6) is 0.238. The van der Waals surface area contributed by atoms with E-state index in [-0.39, 0.29) is 24.2 Å². The Morgan fingerprint density at radius 2 is 2.00 bits per heavy atom. The Bertz CT molecular complexity index is 632. The average molecular weight is 382 g/mol. The highest BCUT2D eigenvalue weighted by atomic mass is 35.5. The molecule has 2 aliphatic rings. The smallest absolute Gasteiger partial charge is 0.227 e. The van der Waals surface area contributed by atoms with E-state index in [0.29, 0.717) is 52.1 Å². The molecule has 2 aliphatic heterocycles. The SMILES string of the molecule is Cl.NCC1(C(=O)NCc2cccc(CN3CCCC3=O)c2)CCOCC1. The number of rotatable bonds is 6. The van der Waals surface area contributed by atoms with Crippen molar-refractivity contribution in [1.82, 2.24) is 10.2 Å². The highest BCUT2D eigenvalue weighted by Crippen LogP contribution is 2.29. The van der Waals surface area contributed by atoms with Crippen LogP contribution in [0.4, 0.5) is 0 Å². The van der Waals surface area contributed by atoms with Gasteiger partial charge in [0.25, 0.3) is 0 Å². The summed E-state index contributed by atoms with van der Waals surface area (Å²) in [5.41, 5.74) is 7.52. The average Bonchev–Trinajstić information content (AvgIpc) is 3.05. The number of ether oxygens (including phenoxy) is 1. The van der Waals surface area contributed by atoms with Gasteiger partial charge in [-0.1, -0.05) is 24.3 Å². The van der Waals surface area contributed by atoms with Crippen molar-refractivity contribution in [2.24, 2.45) is 11.1 Å². The summed E-state index contributed by atoms with van der Waals surface area (Å²) in [6, 6.07) is 8.06. The summed E-state index contributed by atoms with van der Waals surface area (Å²) in [7, 11) is 0. The largest absolute Gasteiger partial charge is 0.381 e. The quantitative estimate of drug-likeness (QED) is 0.783. The number of hydrogen-bond acceptors (Lipinski definition) is 4. The third kappa shape index (κ3) is 4.75. The van der Waals surface area contributed by atoms with Crippen LogP contribution < -0.4 is 11.1 Å². The molecule has 1 aromatic rings. The van der Waals surface area contributed by atoms with Crippen LogP contribution in [0.25, 0.3) is 0 Å². The summed E-state index contributed by atoms with van der Waals surface area (Å²) >= 11 is 0. The number of carbonyl (C=O) groups is 2. The molecule has 2 saturated heterocycles. The Kier molecular flexibility index (Phi) is 7.43. The lowest BCUT2D eigenvalue weighted by Gasteiger charge is -2.34. The maximum atomic E-state index is 12.6. The first-order valence-corrected chi connectivity index (χ1v) is 9.05. The Morgan fingerprint density at radius 1 is 1.27 bits per heavy atom. The van der Waals surface area contributed by atoms with Crippen LogP contribution >= 0.6 is 12.4 Å². The van der Waals surface area contributed by atoms with E-state index < -0.39 is 5.41 Å². The first-order chi connectivity index (χ1) is 12.1. The van der Waals surface area contributed by atoms with E-state index in [0.717, 1.165) is 24.1 Å². The first-order valence-electron chi connectivity index (χ1n) is 9.05. The van der Waals surface area contributed by atoms with Crippen LogP contribution in [0.2, 0.25) is 0 Å². The summed E-state index contributed by atoms with van der Waals surface area (Å²) in [6.07, 6.45) is 2.94. The Balaban J connectivity index is 0.00000243. The minimum Gasteiger partial charge on any atom is -0.381 e. The number of nitrogens with two attached hydrogens (primary N) is 1. The standard InChI is InChI=1S/C19H27N3O3.ClH/c20-14-19(6-9-25-10-7-19)18(24)21-12-15-3-1-4-16(11-15)13-22-8-2-5-17(22)23;/h1,3-4,11H,2,5-10,12-14,20H2,(H,21,24);1H. The molecule has 0 aromatic heterocycles. The van der Waals surface area contributed by atoms with E-state index >= 15 is 0 Å². The molecule has 144 valence electrons. The maximum absolute atomic E-state index is 12.6. The van der Waals surface area contributed by atoms with Gasteiger partial charge in [-0.3, -0.25) is 9.59 Å². The van der Waals surface area contributed by atoms with E-state index in [2.05, 4.69) is 11.4 Å². The monoisotopic (exact) mass is 381 g/mol. The topological polar surface area (TPSA) is 84.7 Å². The maximum Gasteiger partial charge on any atom is 0.227 e. The number of halogens is 1. The molecule has 0 unspecified atom stereocenters. The minimum atomic E-state index is -0.502. The van der Waals surface area contributed by atoms with Gasteiger partial charge in [0.1, 0.15) is 0 Å². The van der Waals surface area contributed by atoms with Crippen molar-refractivity contribution in [1.29, 1.82) is 0 Å². The van der Waals surface area contributed by atoms with Gasteiger partial charge >= 0.3 is 0 Å². The van der Waals surface area contributed by atoms with Gasteiger partial charge in [-0.15, -0.1) is 12.4 Å². The summed E-state index contributed by atoms with van der Waals surface area (Å²) in [6.45, 7) is 3.47. The Morgan fingerprint density at radius 3 is 2.65 bits per heavy atom. The predicted octanol–water partition coefficient (Wildman–Crippen LogP) is 1.60. The lowest BCUT2D eigenvalue weighted by molar-refractivity contribution is -0.136. The van der Waals surface area contributed by atoms with E-state index in [9.17, 15) is 9.59 Å². The van der Waals surface area contributed by atoms with Crippen molar-refractivity contribution >= 4 is 24.2 Å². The number of nitrogens with zero attached hydrogens (tertiary/aromatic N) is 1. The number of hydrogen-bond donors (Lipinski definition) is 2. The molecule has 26 heavy (non-hydrogen) atoms. The van der Waals surface area contributed by atoms with Crippen LogP contribution in [0.5, 0.6) is 0 Å². The van der Waals surface area contributed by atoms with Gasteiger partial charge < -0.3 is 20.7 Å². The molecule has 1 aromatic carbocycles. The highest BCUT2D eigenvalue weighted by Gasteiger charge is 2.38. The molecule has 0 saturated carbocycles. The van der Waals surface area contributed by atoms with Crippen LogP contribution in [-0.2, 0) is 27.4 Å². The number of amides is 2. The zero-order valence-corrected chi connectivity index (χ0v) is 15.9. The fourth-order valence-corrected chi connectivity index (χ4v) is 3.59. The van der Waals surface area contributed by atoms with Crippen molar-refractivity contribution in [2.45, 2.75) is 38.8 Å². The molecule has 3 rings (SSSR count). The van der Waals surface area contributed by atoms with Crippen molar-refractivity contribution in [2.75, 3.05) is 26.3 Å². The predicted molar refractivity (Wildman–Crippen MR) is 102 cm³/mol. The first kappa shape index (κ1) is 20.7. The number of benzene rings is 1. The van der Waals surface area contributed by atoms with Gasteiger partial charge in [0.05, 0.1) is 5.41 Å². The Hall–Kier alpha value is -1.63. The zero-order chi connectivity index (χ0) is 17.7. The van der Waals surface area contributed by atoms with Gasteiger partial charge in [0.15, 0.2) is 0 Å². The van der Waals surface area contributed by atoms with Crippen molar-refractivity contribution in [3.05, 3.63) is 35.4 Å². The van der Waals surface area contributed by atoms with Crippen LogP contribution in [0.15, 0.2) is 24.3 Å². The number of carbonyl (C=O) groups excluding carboxylic acids is 2. The molecule has 0 spiro atoms. The molecule has 2 amide bonds. The Labute approximate surface area is 160 Å². The number of likely N-dealkylation sites (tertiary alicyclic amines) is 1. The van der Waals surface area contributed by atoms with Gasteiger partial charge in [0, 0.05) is 45.8 Å². The van der Waals surface area contributed by atoms with Crippen molar-refractivity contribution in [3.63, 3.8) is 0 Å². The normalized spacial score (nSPS) is 19.1. The van der Waals surface area contributed by atoms with Crippen molar-refractivity contribution in [3.8, 4) is 0 Å². The van der Waals surface area contributed by atoms with Crippen LogP contribution in [-0.4, -0.2) is 43.0 Å². The van der Waals surface area contributed by atoms with Crippen LogP contribution in [0, 0.1) is 5.41 Å². The second-order valence-electron chi connectivity index (χ2n) is 7.02. The third-order valence-electron chi connectivity index (χ3n) is 5.31. The second-order valence-corrected chi connectivity index (χ2v) is 7.02. The molecule has 0 atom stereocenters. The fraction of sp³-hybridized carbons (Fsp3) is 0.579. The van der Waals surface area contributed by atoms with Crippen LogP contribution in [0.3, 0.4) is 0 Å². The molecule has 0 radical (unpaired) electrons. The number of nitrogens with one attached hydrogen (secondary N) is 1. The van der Waals surface area contributed by atoms with E-state index in [4.69, 9.17) is 10.5 Å². The third-order valence-corrected chi connectivity index (χ3v) is 5.31. The van der Waals surface area contributed by atoms with Crippen molar-refractivity contribution < 1.29 is 14.3 Å². The van der Waals surface area contributed by atoms with E-state index in [1.165, 1.54) is 0 Å².